The highest BCUT2D eigenvalue weighted by Crippen LogP contribution is 2.49. The van der Waals surface area contributed by atoms with E-state index in [9.17, 15) is 5.26 Å². The Bertz CT molecular complexity index is 3230. The van der Waals surface area contributed by atoms with E-state index in [0.29, 0.717) is 5.56 Å². The van der Waals surface area contributed by atoms with Crippen molar-refractivity contribution in [1.29, 1.82) is 5.26 Å². The molecule has 0 amide bonds. The largest absolute Gasteiger partial charge is 0.192 e. The summed E-state index contributed by atoms with van der Waals surface area (Å²) in [6.07, 6.45) is 6.42. The molecule has 0 atom stereocenters. The van der Waals surface area contributed by atoms with Gasteiger partial charge >= 0.3 is 0 Å². The molecule has 0 fully saturated rings. The molecule has 0 bridgehead atoms. The minimum atomic E-state index is 0.679. The van der Waals surface area contributed by atoms with E-state index in [0.717, 1.165) is 27.5 Å². The van der Waals surface area contributed by atoms with Crippen molar-refractivity contribution in [3.63, 3.8) is 0 Å². The minimum Gasteiger partial charge on any atom is -0.192 e. The van der Waals surface area contributed by atoms with E-state index in [1.165, 1.54) is 80.7 Å². The van der Waals surface area contributed by atoms with Gasteiger partial charge in [0.15, 0.2) is 0 Å². The smallest absolute Gasteiger partial charge is 0.0998 e. The van der Waals surface area contributed by atoms with Gasteiger partial charge in [0.1, 0.15) is 0 Å². The molecule has 0 aliphatic carbocycles. The Labute approximate surface area is 330 Å². The van der Waals surface area contributed by atoms with Crippen molar-refractivity contribution >= 4 is 76.0 Å². The van der Waals surface area contributed by atoms with Crippen LogP contribution < -0.4 is 0 Å². The third-order valence-corrected chi connectivity index (χ3v) is 12.3. The zero-order valence-corrected chi connectivity index (χ0v) is 31.7. The van der Waals surface area contributed by atoms with E-state index >= 15 is 0 Å². The van der Waals surface area contributed by atoms with Gasteiger partial charge in [-0.1, -0.05) is 170 Å². The summed E-state index contributed by atoms with van der Waals surface area (Å²) in [4.78, 5) is 0. The summed E-state index contributed by atoms with van der Waals surface area (Å²) in [7, 11) is 0. The number of benzene rings is 9. The highest BCUT2D eigenvalue weighted by Gasteiger charge is 2.23. The SMILES string of the molecule is C=Cc1c(/C=C\C)c(-c2ccccc2)c2ccccc2c1-c1cccc2sc3cc(-c4c5ccccc5c(-c5ccccc5C#N)c5ccccc45)ccc3c12. The Hall–Kier alpha value is -7.05. The number of fused-ring (bicyclic) bond motifs is 6. The molecule has 0 N–H and O–H groups in total. The van der Waals surface area contributed by atoms with Crippen molar-refractivity contribution in [2.24, 2.45) is 0 Å². The van der Waals surface area contributed by atoms with Crippen LogP contribution >= 0.6 is 11.3 Å². The Kier molecular flexibility index (Phi) is 8.18. The Balaban J connectivity index is 1.25. The molecule has 0 aliphatic rings. The zero-order chi connectivity index (χ0) is 37.8. The molecule has 56 heavy (non-hydrogen) atoms. The fraction of sp³-hybridized carbons (Fsp3) is 0.0185. The molecule has 2 heteroatoms. The van der Waals surface area contributed by atoms with Crippen LogP contribution in [0.1, 0.15) is 23.6 Å². The van der Waals surface area contributed by atoms with Crippen LogP contribution in [0.5, 0.6) is 0 Å². The Morgan fingerprint density at radius 2 is 1.05 bits per heavy atom. The van der Waals surface area contributed by atoms with Crippen LogP contribution in [0.4, 0.5) is 0 Å². The van der Waals surface area contributed by atoms with Crippen molar-refractivity contribution in [2.75, 3.05) is 0 Å². The van der Waals surface area contributed by atoms with Crippen LogP contribution in [-0.4, -0.2) is 0 Å². The quantitative estimate of drug-likeness (QED) is 0.156. The standard InChI is InChI=1S/C54H35NS/c1-3-17-39-37(4-2)52(43-25-13-10-22-40(43)50(39)34-18-6-5-7-19-34)47-28-16-29-48-54(47)46-31-30-35(32-49(46)56-48)51-41-23-11-14-26-44(41)53(45-27-15-12-24-42(45)51)38-21-9-8-20-36(38)33-55/h3-32H,2H2,1H3/b17-3-. The number of hydrogen-bond donors (Lipinski definition) is 0. The fourth-order valence-electron chi connectivity index (χ4n) is 8.95. The number of hydrogen-bond acceptors (Lipinski definition) is 2. The zero-order valence-electron chi connectivity index (χ0n) is 30.9. The number of rotatable bonds is 6. The lowest BCUT2D eigenvalue weighted by atomic mass is 9.82. The van der Waals surface area contributed by atoms with Crippen molar-refractivity contribution in [3.05, 3.63) is 193 Å². The van der Waals surface area contributed by atoms with Gasteiger partial charge in [-0.2, -0.15) is 5.26 Å². The lowest BCUT2D eigenvalue weighted by Crippen LogP contribution is -1.96. The summed E-state index contributed by atoms with van der Waals surface area (Å²) in [5.74, 6) is 0. The molecule has 1 heterocycles. The van der Waals surface area contributed by atoms with E-state index in [4.69, 9.17) is 0 Å². The predicted octanol–water partition coefficient (Wildman–Crippen LogP) is 15.7. The maximum Gasteiger partial charge on any atom is 0.0998 e. The molecule has 0 radical (unpaired) electrons. The first-order valence-electron chi connectivity index (χ1n) is 19.0. The third-order valence-electron chi connectivity index (χ3n) is 11.2. The Morgan fingerprint density at radius 3 is 1.70 bits per heavy atom. The average Bonchev–Trinajstić information content (AvgIpc) is 3.64. The van der Waals surface area contributed by atoms with Gasteiger partial charge in [0.2, 0.25) is 0 Å². The van der Waals surface area contributed by atoms with Gasteiger partial charge in [-0.05, 0) is 108 Å². The topological polar surface area (TPSA) is 23.8 Å². The van der Waals surface area contributed by atoms with Gasteiger partial charge in [0, 0.05) is 25.7 Å². The first-order valence-corrected chi connectivity index (χ1v) is 19.8. The summed E-state index contributed by atoms with van der Waals surface area (Å²) in [6.45, 7) is 6.50. The monoisotopic (exact) mass is 729 g/mol. The normalized spacial score (nSPS) is 11.6. The van der Waals surface area contributed by atoms with Crippen molar-refractivity contribution in [1.82, 2.24) is 0 Å². The van der Waals surface area contributed by atoms with Crippen LogP contribution in [0, 0.1) is 11.3 Å². The molecule has 0 saturated carbocycles. The van der Waals surface area contributed by atoms with Crippen molar-refractivity contribution < 1.29 is 0 Å². The first kappa shape index (κ1) is 33.5. The van der Waals surface area contributed by atoms with E-state index in [-0.39, 0.29) is 0 Å². The summed E-state index contributed by atoms with van der Waals surface area (Å²) in [5.41, 5.74) is 12.3. The van der Waals surface area contributed by atoms with Gasteiger partial charge in [0.05, 0.1) is 11.6 Å². The molecule has 0 saturated heterocycles. The number of nitrogens with zero attached hydrogens (tertiary/aromatic N) is 1. The molecule has 10 aromatic rings. The molecule has 1 nitrogen and oxygen atoms in total. The van der Waals surface area contributed by atoms with Crippen LogP contribution in [0.2, 0.25) is 0 Å². The molecule has 9 aromatic carbocycles. The van der Waals surface area contributed by atoms with Crippen molar-refractivity contribution in [2.45, 2.75) is 6.92 Å². The lowest BCUT2D eigenvalue weighted by molar-refractivity contribution is 1.48. The van der Waals surface area contributed by atoms with Gasteiger partial charge in [-0.15, -0.1) is 11.3 Å². The van der Waals surface area contributed by atoms with E-state index in [2.05, 4.69) is 177 Å². The van der Waals surface area contributed by atoms with Gasteiger partial charge in [-0.3, -0.25) is 0 Å². The minimum absolute atomic E-state index is 0.679. The average molecular weight is 730 g/mol. The predicted molar refractivity (Wildman–Crippen MR) is 243 cm³/mol. The molecule has 0 spiro atoms. The Morgan fingerprint density at radius 1 is 0.482 bits per heavy atom. The van der Waals surface area contributed by atoms with Gasteiger partial charge < -0.3 is 0 Å². The molecular formula is C54H35NS. The molecule has 10 rings (SSSR count). The van der Waals surface area contributed by atoms with Crippen molar-refractivity contribution in [3.8, 4) is 50.6 Å². The number of allylic oxidation sites excluding steroid dienone is 1. The number of thiophene rings is 1. The van der Waals surface area contributed by atoms with Crippen LogP contribution in [-0.2, 0) is 0 Å². The van der Waals surface area contributed by atoms with Gasteiger partial charge in [-0.25, -0.2) is 0 Å². The van der Waals surface area contributed by atoms with Crippen LogP contribution in [0.3, 0.4) is 0 Å². The second-order valence-electron chi connectivity index (χ2n) is 14.2. The van der Waals surface area contributed by atoms with Gasteiger partial charge in [0.25, 0.3) is 0 Å². The molecule has 262 valence electrons. The van der Waals surface area contributed by atoms with E-state index in [1.54, 1.807) is 0 Å². The summed E-state index contributed by atoms with van der Waals surface area (Å²) < 4.78 is 2.50. The molecule has 1 aromatic heterocycles. The van der Waals surface area contributed by atoms with E-state index in [1.807, 2.05) is 35.6 Å². The van der Waals surface area contributed by atoms with Crippen LogP contribution in [0.15, 0.2) is 176 Å². The highest BCUT2D eigenvalue weighted by molar-refractivity contribution is 7.26. The van der Waals surface area contributed by atoms with Crippen LogP contribution in [0.25, 0.3) is 109 Å². The molecular weight excluding hydrogens is 695 g/mol. The summed E-state index contributed by atoms with van der Waals surface area (Å²) in [5, 5.41) is 19.7. The second-order valence-corrected chi connectivity index (χ2v) is 15.3. The first-order chi connectivity index (χ1) is 27.7. The fourth-order valence-corrected chi connectivity index (χ4v) is 10.1. The highest BCUT2D eigenvalue weighted by atomic mass is 32.1. The maximum absolute atomic E-state index is 10.1. The summed E-state index contributed by atoms with van der Waals surface area (Å²) >= 11 is 1.85. The summed E-state index contributed by atoms with van der Waals surface area (Å²) in [6, 6.07) is 61.0. The number of nitriles is 1. The van der Waals surface area contributed by atoms with E-state index < -0.39 is 0 Å². The molecule has 0 aliphatic heterocycles. The maximum atomic E-state index is 10.1. The molecule has 0 unspecified atom stereocenters. The third kappa shape index (κ3) is 5.13. The lowest BCUT2D eigenvalue weighted by Gasteiger charge is -2.21. The second kappa shape index (κ2) is 13.7.